The Hall–Kier alpha value is -2.53. The van der Waals surface area contributed by atoms with Gasteiger partial charge < -0.3 is 14.4 Å². The zero-order valence-electron chi connectivity index (χ0n) is 15.0. The zero-order valence-corrected chi connectivity index (χ0v) is 15.8. The average Bonchev–Trinajstić information content (AvgIpc) is 3.15. The van der Waals surface area contributed by atoms with E-state index in [0.717, 1.165) is 18.4 Å². The molecule has 0 aliphatic carbocycles. The lowest BCUT2D eigenvalue weighted by Gasteiger charge is -2.32. The molecule has 1 fully saturated rings. The van der Waals surface area contributed by atoms with E-state index in [1.54, 1.807) is 41.3 Å². The number of hydrogen-bond donors (Lipinski definition) is 0. The van der Waals surface area contributed by atoms with Gasteiger partial charge >= 0.3 is 0 Å². The van der Waals surface area contributed by atoms with Crippen LogP contribution in [0.25, 0.3) is 0 Å². The molecule has 2 aliphatic rings. The van der Waals surface area contributed by atoms with E-state index in [0.29, 0.717) is 40.7 Å². The maximum absolute atomic E-state index is 13.0. The summed E-state index contributed by atoms with van der Waals surface area (Å²) in [6, 6.07) is 10.5. The fraction of sp³-hybridized carbons (Fsp3) is 0.333. The number of benzene rings is 2. The predicted molar refractivity (Wildman–Crippen MR) is 102 cm³/mol. The normalized spacial score (nSPS) is 18.4. The highest BCUT2D eigenvalue weighted by Crippen LogP contribution is 2.33. The lowest BCUT2D eigenvalue weighted by molar-refractivity contribution is 0.0636. The third-order valence-corrected chi connectivity index (χ3v) is 5.39. The number of carbonyl (C=O) groups is 2. The molecular formula is C21H20ClNO4. The van der Waals surface area contributed by atoms with E-state index in [9.17, 15) is 9.59 Å². The summed E-state index contributed by atoms with van der Waals surface area (Å²) in [5.74, 6) is 1.03. The number of nitrogens with zero attached hydrogens (tertiary/aromatic N) is 1. The molecule has 2 aliphatic heterocycles. The topological polar surface area (TPSA) is 55.8 Å². The van der Waals surface area contributed by atoms with Crippen LogP contribution in [0, 0.1) is 12.8 Å². The van der Waals surface area contributed by atoms with Gasteiger partial charge in [-0.2, -0.15) is 0 Å². The van der Waals surface area contributed by atoms with Gasteiger partial charge in [0.05, 0.1) is 0 Å². The Labute approximate surface area is 162 Å². The van der Waals surface area contributed by atoms with Crippen LogP contribution in [0.2, 0.25) is 5.02 Å². The number of likely N-dealkylation sites (tertiary alicyclic amines) is 1. The summed E-state index contributed by atoms with van der Waals surface area (Å²) in [6.45, 7) is 3.13. The average molecular weight is 386 g/mol. The minimum absolute atomic E-state index is 0.0763. The Morgan fingerprint density at radius 1 is 1.11 bits per heavy atom. The molecule has 6 heteroatoms. The minimum Gasteiger partial charge on any atom is -0.454 e. The number of ether oxygens (including phenoxy) is 2. The van der Waals surface area contributed by atoms with Gasteiger partial charge in [-0.05, 0) is 61.7 Å². The fourth-order valence-corrected chi connectivity index (χ4v) is 3.94. The number of fused-ring (bicyclic) bond motifs is 1. The SMILES string of the molecule is Cc1cc(Cl)ccc1C(=O)[C@@H]1CCCN(C(=O)c2ccc3c(c2)OCO3)C1. The van der Waals surface area contributed by atoms with Crippen LogP contribution in [0.3, 0.4) is 0 Å². The standard InChI is InChI=1S/C21H20ClNO4/c1-13-9-16(22)5-6-17(13)20(24)15-3-2-8-23(11-15)21(25)14-4-7-18-19(10-14)27-12-26-18/h4-7,9-10,15H,2-3,8,11-12H2,1H3/t15-/m1/s1. The molecule has 0 bridgehead atoms. The van der Waals surface area contributed by atoms with E-state index in [1.807, 2.05) is 6.92 Å². The summed E-state index contributed by atoms with van der Waals surface area (Å²) in [4.78, 5) is 27.6. The molecule has 0 spiro atoms. The van der Waals surface area contributed by atoms with Crippen LogP contribution >= 0.6 is 11.6 Å². The summed E-state index contributed by atoms with van der Waals surface area (Å²) in [6.07, 6.45) is 1.59. The van der Waals surface area contributed by atoms with Crippen molar-refractivity contribution in [1.29, 1.82) is 0 Å². The van der Waals surface area contributed by atoms with Gasteiger partial charge in [0.15, 0.2) is 17.3 Å². The Bertz CT molecular complexity index is 911. The number of carbonyl (C=O) groups excluding carboxylic acids is 2. The molecule has 2 heterocycles. The van der Waals surface area contributed by atoms with E-state index < -0.39 is 0 Å². The molecule has 1 atom stereocenters. The summed E-state index contributed by atoms with van der Waals surface area (Å²) in [7, 11) is 0. The smallest absolute Gasteiger partial charge is 0.254 e. The van der Waals surface area contributed by atoms with Crippen molar-refractivity contribution in [2.24, 2.45) is 5.92 Å². The Kier molecular flexibility index (Phi) is 4.79. The maximum atomic E-state index is 13.0. The quantitative estimate of drug-likeness (QED) is 0.746. The van der Waals surface area contributed by atoms with Crippen molar-refractivity contribution in [2.75, 3.05) is 19.9 Å². The molecule has 0 saturated carbocycles. The molecule has 0 radical (unpaired) electrons. The summed E-state index contributed by atoms with van der Waals surface area (Å²) < 4.78 is 10.7. The molecule has 1 saturated heterocycles. The second-order valence-electron chi connectivity index (χ2n) is 6.98. The zero-order chi connectivity index (χ0) is 19.0. The van der Waals surface area contributed by atoms with Gasteiger partial charge in [-0.3, -0.25) is 9.59 Å². The van der Waals surface area contributed by atoms with Crippen molar-refractivity contribution >= 4 is 23.3 Å². The van der Waals surface area contributed by atoms with Crippen molar-refractivity contribution in [3.63, 3.8) is 0 Å². The first-order chi connectivity index (χ1) is 13.0. The molecule has 0 unspecified atom stereocenters. The first-order valence-electron chi connectivity index (χ1n) is 9.02. The van der Waals surface area contributed by atoms with Gasteiger partial charge in [-0.25, -0.2) is 0 Å². The van der Waals surface area contributed by atoms with Crippen LogP contribution in [-0.2, 0) is 0 Å². The number of hydrogen-bond acceptors (Lipinski definition) is 4. The van der Waals surface area contributed by atoms with Crippen LogP contribution in [0.4, 0.5) is 0 Å². The van der Waals surface area contributed by atoms with E-state index in [4.69, 9.17) is 21.1 Å². The lowest BCUT2D eigenvalue weighted by atomic mass is 9.88. The van der Waals surface area contributed by atoms with E-state index in [1.165, 1.54) is 0 Å². The first-order valence-corrected chi connectivity index (χ1v) is 9.40. The van der Waals surface area contributed by atoms with Gasteiger partial charge in [-0.1, -0.05) is 11.6 Å². The highest BCUT2D eigenvalue weighted by molar-refractivity contribution is 6.30. The van der Waals surface area contributed by atoms with Gasteiger partial charge in [0.25, 0.3) is 5.91 Å². The van der Waals surface area contributed by atoms with Crippen LogP contribution in [-0.4, -0.2) is 36.5 Å². The molecule has 27 heavy (non-hydrogen) atoms. The molecular weight excluding hydrogens is 366 g/mol. The molecule has 2 aromatic carbocycles. The van der Waals surface area contributed by atoms with Gasteiger partial charge in [-0.15, -0.1) is 0 Å². The Morgan fingerprint density at radius 2 is 1.93 bits per heavy atom. The van der Waals surface area contributed by atoms with Crippen LogP contribution < -0.4 is 9.47 Å². The van der Waals surface area contributed by atoms with E-state index >= 15 is 0 Å². The second-order valence-corrected chi connectivity index (χ2v) is 7.42. The van der Waals surface area contributed by atoms with E-state index in [2.05, 4.69) is 0 Å². The minimum atomic E-state index is -0.198. The number of piperidine rings is 1. The summed E-state index contributed by atoms with van der Waals surface area (Å²) in [5, 5.41) is 0.618. The van der Waals surface area contributed by atoms with Crippen LogP contribution in [0.5, 0.6) is 11.5 Å². The number of aryl methyl sites for hydroxylation is 1. The number of rotatable bonds is 3. The Balaban J connectivity index is 1.50. The summed E-state index contributed by atoms with van der Waals surface area (Å²) >= 11 is 6.00. The molecule has 0 aromatic heterocycles. The second kappa shape index (κ2) is 7.24. The van der Waals surface area contributed by atoms with Crippen LogP contribution in [0.1, 0.15) is 39.1 Å². The number of amides is 1. The number of ketones is 1. The predicted octanol–water partition coefficient (Wildman–Crippen LogP) is 4.11. The maximum Gasteiger partial charge on any atom is 0.254 e. The molecule has 4 rings (SSSR count). The van der Waals surface area contributed by atoms with Crippen molar-refractivity contribution < 1.29 is 19.1 Å². The molecule has 5 nitrogen and oxygen atoms in total. The van der Waals surface area contributed by atoms with Gasteiger partial charge in [0, 0.05) is 35.2 Å². The van der Waals surface area contributed by atoms with Gasteiger partial charge in [0.2, 0.25) is 6.79 Å². The molecule has 0 N–H and O–H groups in total. The number of Topliss-reactive ketones (excluding diaryl/α,β-unsaturated/α-hetero) is 1. The number of halogens is 1. The Morgan fingerprint density at radius 3 is 2.74 bits per heavy atom. The van der Waals surface area contributed by atoms with Crippen molar-refractivity contribution in [1.82, 2.24) is 4.90 Å². The fourth-order valence-electron chi connectivity index (χ4n) is 3.71. The molecule has 1 amide bonds. The highest BCUT2D eigenvalue weighted by atomic mass is 35.5. The molecule has 140 valence electrons. The van der Waals surface area contributed by atoms with E-state index in [-0.39, 0.29) is 24.4 Å². The van der Waals surface area contributed by atoms with Crippen LogP contribution in [0.15, 0.2) is 36.4 Å². The molecule has 2 aromatic rings. The third-order valence-electron chi connectivity index (χ3n) is 5.15. The lowest BCUT2D eigenvalue weighted by Crippen LogP contribution is -2.42. The van der Waals surface area contributed by atoms with Crippen molar-refractivity contribution in [3.05, 3.63) is 58.1 Å². The first kappa shape index (κ1) is 17.9. The van der Waals surface area contributed by atoms with Gasteiger partial charge in [0.1, 0.15) is 0 Å². The largest absolute Gasteiger partial charge is 0.454 e. The summed E-state index contributed by atoms with van der Waals surface area (Å²) in [5.41, 5.74) is 2.10. The monoisotopic (exact) mass is 385 g/mol. The van der Waals surface area contributed by atoms with Crippen molar-refractivity contribution in [2.45, 2.75) is 19.8 Å². The van der Waals surface area contributed by atoms with Crippen molar-refractivity contribution in [3.8, 4) is 11.5 Å². The third kappa shape index (κ3) is 3.52. The highest BCUT2D eigenvalue weighted by Gasteiger charge is 2.30.